The molecule has 0 aromatic heterocycles. The largest absolute Gasteiger partial charge is 0.459 e. The number of hydrogen-bond acceptors (Lipinski definition) is 19. The van der Waals surface area contributed by atoms with Crippen LogP contribution in [0.1, 0.15) is 150 Å². The fourth-order valence-corrected chi connectivity index (χ4v) is 18.3. The highest BCUT2D eigenvalue weighted by Crippen LogP contribution is 2.58. The van der Waals surface area contributed by atoms with Gasteiger partial charge >= 0.3 is 5.97 Å². The molecular weight excluding hydrogens is 1040 g/mol. The summed E-state index contributed by atoms with van der Waals surface area (Å²) in [5.74, 6) is -3.05. The van der Waals surface area contributed by atoms with Crippen LogP contribution in [-0.2, 0) is 80.6 Å². The van der Waals surface area contributed by atoms with Gasteiger partial charge in [-0.3, -0.25) is 9.59 Å². The van der Waals surface area contributed by atoms with Crippen molar-refractivity contribution >= 4 is 11.8 Å². The molecule has 80 heavy (non-hydrogen) atoms. The smallest absolute Gasteiger partial charge is 0.308 e. The maximum Gasteiger partial charge on any atom is 0.308 e. The standard InChI is InChI=1S/C61H86O19/c1-27-15-34-7-9-38-28(2)16-36(66-38)11-13-59-25-47-55(79-59)56-57(73-47)58(80-59)54-39(70-56)10-8-35(68-54)18-49(65)74-53-32(6)52-44(69-43(53)20-40(67-34)31(27)5)21-42-46(72-52)24-61(75-42)26-48-51(78-61)30(4)23-60(77-48)22-29(3)50-45(76-60)19-37(64)41(71-50)17-33(63)12-14-62/h27,29-30,32,34-48,50-58,62,64H,2,5,7-26H2,1,3-4,6H3/t27-,29+,30+,32+,34+,35-,36+,37-,38+,39+,40-,41-,42-,43-,44+,45+,46-,47-,48+,50+,51+,52+,53-,54+,55-,56+,57-,58+,59-,60?,61+/m1/s1. The van der Waals surface area contributed by atoms with Crippen molar-refractivity contribution in [3.05, 3.63) is 24.3 Å². The molecule has 0 aromatic rings. The van der Waals surface area contributed by atoms with Crippen LogP contribution in [0.25, 0.3) is 0 Å². The molecule has 0 amide bonds. The summed E-state index contributed by atoms with van der Waals surface area (Å²) in [5, 5.41) is 20.4. The summed E-state index contributed by atoms with van der Waals surface area (Å²) in [6.45, 7) is 17.6. The van der Waals surface area contributed by atoms with Crippen molar-refractivity contribution in [2.75, 3.05) is 6.61 Å². The van der Waals surface area contributed by atoms with E-state index in [-0.39, 0.29) is 159 Å². The average Bonchev–Trinajstić information content (AvgIpc) is 4.25. The van der Waals surface area contributed by atoms with Crippen LogP contribution in [0.2, 0.25) is 0 Å². The molecule has 16 aliphatic heterocycles. The van der Waals surface area contributed by atoms with Crippen LogP contribution in [0.3, 0.4) is 0 Å². The van der Waals surface area contributed by atoms with E-state index < -0.39 is 66.2 Å². The SMILES string of the molecule is C=C1C[C@@H]2CC[C@]34C[C@H]5O[C@H]6[C@@H](O3)[C@H]3O[C@H](CC[C@@H]3O[C@H]6[C@@H]5O4)CC(=O)O[C@@H]3[C@@H](C)[C@@H]4O[C@@H]5C[C@]6(C[C@@H]7OC8(C[C@H](C)[C@@H]9O[C@H](CC(=O)CCO)[C@H](O)C[C@@H]9O8)C[C@H](C)[C@@H]7O6)O[C@@H]5C[C@@H]4O[C@@H]3C[C@H]3O[C@@H](CC[C@@H]1O2)C[C@@H](C)C3=C. The fraction of sp³-hybridized carbons (Fsp3) is 0.902. The van der Waals surface area contributed by atoms with Crippen molar-refractivity contribution in [2.45, 2.75) is 314 Å². The second-order valence-corrected chi connectivity index (χ2v) is 27.7. The van der Waals surface area contributed by atoms with Gasteiger partial charge in [0.1, 0.15) is 42.4 Å². The Labute approximate surface area is 469 Å². The second kappa shape index (κ2) is 20.6. The van der Waals surface area contributed by atoms with Crippen LogP contribution in [0, 0.1) is 23.7 Å². The Morgan fingerprint density at radius 3 is 2.05 bits per heavy atom. The zero-order chi connectivity index (χ0) is 54.7. The Balaban J connectivity index is 0.652. The molecule has 16 aliphatic rings. The van der Waals surface area contributed by atoms with E-state index in [1.165, 1.54) is 0 Å². The van der Waals surface area contributed by atoms with Gasteiger partial charge in [-0.15, -0.1) is 0 Å². The highest BCUT2D eigenvalue weighted by Gasteiger charge is 2.70. The number of carbonyl (C=O) groups excluding carboxylic acids is 2. The molecule has 0 aromatic carbocycles. The first-order chi connectivity index (χ1) is 38.5. The number of aliphatic hydroxyl groups is 2. The molecule has 2 N–H and O–H groups in total. The van der Waals surface area contributed by atoms with Gasteiger partial charge in [-0.1, -0.05) is 40.9 Å². The number of carbonyl (C=O) groups is 2. The summed E-state index contributed by atoms with van der Waals surface area (Å²) < 4.78 is 104. The third-order valence-electron chi connectivity index (χ3n) is 22.0. The van der Waals surface area contributed by atoms with Crippen molar-refractivity contribution in [1.82, 2.24) is 0 Å². The van der Waals surface area contributed by atoms with Gasteiger partial charge in [0.05, 0.1) is 116 Å². The quantitative estimate of drug-likeness (QED) is 0.262. The van der Waals surface area contributed by atoms with Gasteiger partial charge in [0.25, 0.3) is 0 Å². The molecular formula is C61H86O19. The second-order valence-electron chi connectivity index (χ2n) is 27.7. The van der Waals surface area contributed by atoms with Crippen molar-refractivity contribution in [2.24, 2.45) is 23.7 Å². The molecule has 16 saturated heterocycles. The molecule has 31 atom stereocenters. The minimum absolute atomic E-state index is 0.0122. The predicted octanol–water partition coefficient (Wildman–Crippen LogP) is 5.52. The summed E-state index contributed by atoms with van der Waals surface area (Å²) in [6, 6.07) is 0. The molecule has 0 saturated carbocycles. The molecule has 0 aliphatic carbocycles. The van der Waals surface area contributed by atoms with Gasteiger partial charge in [-0.25, -0.2) is 0 Å². The zero-order valence-electron chi connectivity index (χ0n) is 47.1. The van der Waals surface area contributed by atoms with E-state index in [1.54, 1.807) is 0 Å². The van der Waals surface area contributed by atoms with Crippen molar-refractivity contribution < 1.29 is 90.9 Å². The first-order valence-electron chi connectivity index (χ1n) is 31.2. The van der Waals surface area contributed by atoms with Gasteiger partial charge < -0.3 is 81.3 Å². The number of esters is 1. The molecule has 1 unspecified atom stereocenters. The third kappa shape index (κ3) is 9.51. The van der Waals surface area contributed by atoms with Gasteiger partial charge in [-0.05, 0) is 73.8 Å². The Bertz CT molecular complexity index is 2410. The van der Waals surface area contributed by atoms with E-state index >= 15 is 0 Å². The molecule has 16 fully saturated rings. The Morgan fingerprint density at radius 1 is 0.525 bits per heavy atom. The summed E-state index contributed by atoms with van der Waals surface area (Å²) >= 11 is 0. The minimum atomic E-state index is -0.939. The van der Waals surface area contributed by atoms with Crippen molar-refractivity contribution in [1.29, 1.82) is 0 Å². The lowest BCUT2D eigenvalue weighted by molar-refractivity contribution is -0.371. The van der Waals surface area contributed by atoms with Gasteiger partial charge in [0.15, 0.2) is 17.4 Å². The summed E-state index contributed by atoms with van der Waals surface area (Å²) in [5.41, 5.74) is 2.15. The lowest BCUT2D eigenvalue weighted by Crippen LogP contribution is -2.62. The topological polar surface area (TPSA) is 213 Å². The number of aliphatic hydroxyl groups excluding tert-OH is 2. The van der Waals surface area contributed by atoms with E-state index in [1.807, 2.05) is 0 Å². The lowest BCUT2D eigenvalue weighted by atomic mass is 9.78. The van der Waals surface area contributed by atoms with Crippen LogP contribution in [0.5, 0.6) is 0 Å². The summed E-state index contributed by atoms with van der Waals surface area (Å²) in [6.07, 6.45) is 2.59. The Kier molecular flexibility index (Phi) is 14.0. The van der Waals surface area contributed by atoms with E-state index in [0.29, 0.717) is 64.2 Å². The molecule has 3 spiro atoms. The van der Waals surface area contributed by atoms with Gasteiger partial charge in [0, 0.05) is 83.2 Å². The third-order valence-corrected chi connectivity index (χ3v) is 22.0. The average molecular weight is 1120 g/mol. The van der Waals surface area contributed by atoms with E-state index in [9.17, 15) is 19.8 Å². The van der Waals surface area contributed by atoms with Crippen LogP contribution in [0.15, 0.2) is 24.3 Å². The van der Waals surface area contributed by atoms with Crippen molar-refractivity contribution in [3.8, 4) is 0 Å². The van der Waals surface area contributed by atoms with Crippen LogP contribution in [-0.4, -0.2) is 192 Å². The number of hydrogen-bond donors (Lipinski definition) is 2. The molecule has 16 rings (SSSR count). The number of ketones is 1. The number of rotatable bonds is 4. The maximum atomic E-state index is 14.6. The van der Waals surface area contributed by atoms with E-state index in [4.69, 9.17) is 71.1 Å². The Hall–Kier alpha value is -2.02. The maximum absolute atomic E-state index is 14.6. The first kappa shape index (κ1) is 54.6. The zero-order valence-corrected chi connectivity index (χ0v) is 47.1. The molecule has 19 nitrogen and oxygen atoms in total. The molecule has 12 bridgehead atoms. The van der Waals surface area contributed by atoms with Crippen LogP contribution >= 0.6 is 0 Å². The Morgan fingerprint density at radius 2 is 1.20 bits per heavy atom. The predicted molar refractivity (Wildman–Crippen MR) is 277 cm³/mol. The van der Waals surface area contributed by atoms with Crippen LogP contribution in [0.4, 0.5) is 0 Å². The van der Waals surface area contributed by atoms with Crippen LogP contribution < -0.4 is 0 Å². The number of Topliss-reactive ketones (excluding diaryl/α,β-unsaturated/α-hetero) is 1. The minimum Gasteiger partial charge on any atom is -0.459 e. The number of ether oxygens (including phenoxy) is 15. The molecule has 16 heterocycles. The fourth-order valence-electron chi connectivity index (χ4n) is 18.3. The summed E-state index contributed by atoms with van der Waals surface area (Å²) in [4.78, 5) is 27.0. The highest BCUT2D eigenvalue weighted by atomic mass is 16.8. The lowest BCUT2D eigenvalue weighted by Gasteiger charge is -2.54. The van der Waals surface area contributed by atoms with Crippen molar-refractivity contribution in [3.63, 3.8) is 0 Å². The monoisotopic (exact) mass is 1120 g/mol. The number of fused-ring (bicyclic) bond motifs is 10. The van der Waals surface area contributed by atoms with Gasteiger partial charge in [-0.2, -0.15) is 0 Å². The first-order valence-corrected chi connectivity index (χ1v) is 31.2. The van der Waals surface area contributed by atoms with Gasteiger partial charge in [0.2, 0.25) is 0 Å². The normalized spacial score (nSPS) is 56.9. The molecule has 19 heteroatoms. The van der Waals surface area contributed by atoms with E-state index in [0.717, 1.165) is 49.7 Å². The summed E-state index contributed by atoms with van der Waals surface area (Å²) in [7, 11) is 0. The van der Waals surface area contributed by atoms with E-state index in [2.05, 4.69) is 40.9 Å². The molecule has 0 radical (unpaired) electrons. The molecule has 444 valence electrons. The highest BCUT2D eigenvalue weighted by molar-refractivity contribution is 5.79.